The van der Waals surface area contributed by atoms with E-state index in [0.29, 0.717) is 0 Å². The highest BCUT2D eigenvalue weighted by molar-refractivity contribution is 6.22. The molecular weight excluding hydrogens is 99.5 g/mol. The average molecular weight is 107 g/mol. The largest absolute Gasteiger partial charge is 0.348 e. The van der Waals surface area contributed by atoms with Crippen LogP contribution in [0.15, 0.2) is 12.7 Å². The third-order valence-electron chi connectivity index (χ3n) is 0.181. The summed E-state index contributed by atoms with van der Waals surface area (Å²) in [4.78, 5) is 0. The second kappa shape index (κ2) is 4.99. The van der Waals surface area contributed by atoms with E-state index >= 15 is 0 Å². The lowest BCUT2D eigenvalue weighted by molar-refractivity contribution is 0.266. The monoisotopic (exact) mass is 106 g/mol. The molecule has 0 aromatic rings. The van der Waals surface area contributed by atoms with E-state index in [0.717, 1.165) is 6.08 Å². The zero-order valence-electron chi connectivity index (χ0n) is 5.07. The molecular formula is C4H5ClO. The second-order valence-corrected chi connectivity index (χ2v) is 0.655. The van der Waals surface area contributed by atoms with E-state index in [1.54, 1.807) is 6.07 Å². The van der Waals surface area contributed by atoms with Crippen LogP contribution in [0.5, 0.6) is 0 Å². The van der Waals surface area contributed by atoms with Gasteiger partial charge in [-0.05, 0) is 0 Å². The van der Waals surface area contributed by atoms with Crippen molar-refractivity contribution in [3.63, 3.8) is 0 Å². The molecule has 0 heterocycles. The standard InChI is InChI=1S/C4H5ClO/c1-2-3-6-4-5/h2H,1,3H2/i3D2. The van der Waals surface area contributed by atoms with Gasteiger partial charge in [0.05, 0.1) is 9.30 Å². The molecule has 0 spiro atoms. The first-order valence-corrected chi connectivity index (χ1v) is 1.67. The molecule has 0 aromatic carbocycles. The van der Waals surface area contributed by atoms with Crippen LogP contribution in [-0.4, -0.2) is 6.56 Å². The zero-order chi connectivity index (χ0) is 6.62. The van der Waals surface area contributed by atoms with Crippen LogP contribution >= 0.6 is 11.6 Å². The molecule has 0 aromatic heterocycles. The Hall–Kier alpha value is -0.0100. The van der Waals surface area contributed by atoms with E-state index in [4.69, 9.17) is 14.3 Å². The van der Waals surface area contributed by atoms with Crippen LogP contribution in [0.3, 0.4) is 0 Å². The fourth-order valence-corrected chi connectivity index (χ4v) is 0.108. The quantitative estimate of drug-likeness (QED) is 0.495. The second-order valence-electron chi connectivity index (χ2n) is 0.501. The van der Waals surface area contributed by atoms with Crippen LogP contribution in [0.2, 0.25) is 0 Å². The van der Waals surface area contributed by atoms with Gasteiger partial charge in [0.1, 0.15) is 0 Å². The molecule has 0 bridgehead atoms. The van der Waals surface area contributed by atoms with Crippen molar-refractivity contribution in [1.29, 1.82) is 0 Å². The predicted octanol–water partition coefficient (Wildman–Crippen LogP) is 1.42. The Morgan fingerprint density at radius 2 is 3.00 bits per heavy atom. The third kappa shape index (κ3) is 3.99. The summed E-state index contributed by atoms with van der Waals surface area (Å²) in [6.45, 7) is 1.27. The highest BCUT2D eigenvalue weighted by atomic mass is 35.5. The van der Waals surface area contributed by atoms with Gasteiger partial charge in [-0.25, -0.2) is 0 Å². The molecule has 2 radical (unpaired) electrons. The summed E-state index contributed by atoms with van der Waals surface area (Å²) in [5, 5.41) is 0. The summed E-state index contributed by atoms with van der Waals surface area (Å²) in [5.41, 5.74) is 0. The Morgan fingerprint density at radius 1 is 2.33 bits per heavy atom. The van der Waals surface area contributed by atoms with Crippen LogP contribution in [-0.2, 0) is 4.74 Å². The van der Waals surface area contributed by atoms with Crippen molar-refractivity contribution in [2.24, 2.45) is 0 Å². The van der Waals surface area contributed by atoms with Gasteiger partial charge in [-0.1, -0.05) is 17.7 Å². The molecule has 2 heteroatoms. The fraction of sp³-hybridized carbons (Fsp3) is 0.250. The number of halogens is 1. The van der Waals surface area contributed by atoms with Gasteiger partial charge in [0.2, 0.25) is 6.07 Å². The normalized spacial score (nSPS) is 15.5. The first-order valence-electron chi connectivity index (χ1n) is 2.29. The fourth-order valence-electron chi connectivity index (χ4n) is 0.0639. The smallest absolute Gasteiger partial charge is 0.237 e. The average Bonchev–Trinajstić information content (AvgIpc) is 1.67. The maximum Gasteiger partial charge on any atom is 0.237 e. The zero-order valence-corrected chi connectivity index (χ0v) is 3.83. The molecule has 0 amide bonds. The molecule has 0 aliphatic heterocycles. The van der Waals surface area contributed by atoms with Crippen LogP contribution in [0.25, 0.3) is 0 Å². The van der Waals surface area contributed by atoms with E-state index in [-0.39, 0.29) is 0 Å². The van der Waals surface area contributed by atoms with E-state index in [2.05, 4.69) is 11.3 Å². The molecule has 0 fully saturated rings. The molecule has 0 rings (SSSR count). The Labute approximate surface area is 45.4 Å². The maximum atomic E-state index is 6.75. The lowest BCUT2D eigenvalue weighted by Gasteiger charge is -1.83. The minimum atomic E-state index is -1.89. The van der Waals surface area contributed by atoms with Crippen LogP contribution in [0.4, 0.5) is 0 Å². The van der Waals surface area contributed by atoms with E-state index < -0.39 is 6.56 Å². The van der Waals surface area contributed by atoms with E-state index in [1.165, 1.54) is 0 Å². The third-order valence-corrected chi connectivity index (χ3v) is 0.258. The number of rotatable bonds is 3. The Morgan fingerprint density at radius 3 is 3.17 bits per heavy atom. The number of ether oxygens (including phenoxy) is 1. The van der Waals surface area contributed by atoms with Gasteiger partial charge >= 0.3 is 0 Å². The van der Waals surface area contributed by atoms with Gasteiger partial charge in [-0.2, -0.15) is 0 Å². The number of hydrogen-bond acceptors (Lipinski definition) is 1. The van der Waals surface area contributed by atoms with Gasteiger partial charge < -0.3 is 4.74 Å². The van der Waals surface area contributed by atoms with Crippen LogP contribution < -0.4 is 0 Å². The van der Waals surface area contributed by atoms with E-state index in [9.17, 15) is 0 Å². The van der Waals surface area contributed by atoms with Crippen LogP contribution in [0, 0.1) is 6.07 Å². The summed E-state index contributed by atoms with van der Waals surface area (Å²) >= 11 is 4.80. The summed E-state index contributed by atoms with van der Waals surface area (Å²) in [7, 11) is 0. The minimum absolute atomic E-state index is 0.988. The molecule has 0 saturated heterocycles. The molecule has 0 aliphatic carbocycles. The van der Waals surface area contributed by atoms with Crippen LogP contribution in [0.1, 0.15) is 2.74 Å². The molecule has 0 saturated carbocycles. The first-order chi connectivity index (χ1) is 3.62. The highest BCUT2D eigenvalue weighted by Crippen LogP contribution is 1.84. The molecule has 1 nitrogen and oxygen atoms in total. The topological polar surface area (TPSA) is 9.23 Å². The highest BCUT2D eigenvalue weighted by Gasteiger charge is 1.73. The SMILES string of the molecule is [2H]C([2H])(C=C)O[C]Cl. The van der Waals surface area contributed by atoms with Gasteiger partial charge in [0.15, 0.2) is 0 Å². The molecule has 0 atom stereocenters. The predicted molar refractivity (Wildman–Crippen MR) is 25.2 cm³/mol. The molecule has 0 aliphatic rings. The molecule has 0 unspecified atom stereocenters. The lowest BCUT2D eigenvalue weighted by Crippen LogP contribution is -1.78. The van der Waals surface area contributed by atoms with Crippen molar-refractivity contribution in [2.45, 2.75) is 0 Å². The Bertz CT molecular complexity index is 84.1. The summed E-state index contributed by atoms with van der Waals surface area (Å²) < 4.78 is 17.6. The van der Waals surface area contributed by atoms with Crippen molar-refractivity contribution in [1.82, 2.24) is 0 Å². The van der Waals surface area contributed by atoms with Gasteiger partial charge in [0, 0.05) is 0 Å². The minimum Gasteiger partial charge on any atom is -0.348 e. The summed E-state index contributed by atoms with van der Waals surface area (Å²) in [5.74, 6) is 0. The molecule has 34 valence electrons. The summed E-state index contributed by atoms with van der Waals surface area (Å²) in [6.07, 6.45) is 0.988. The maximum absolute atomic E-state index is 6.75. The van der Waals surface area contributed by atoms with Gasteiger partial charge in [-0.15, -0.1) is 6.58 Å². The van der Waals surface area contributed by atoms with Gasteiger partial charge in [0.25, 0.3) is 0 Å². The number of hydrogen-bond donors (Lipinski definition) is 0. The lowest BCUT2D eigenvalue weighted by atomic mass is 10.7. The Kier molecular flexibility index (Phi) is 2.54. The molecule has 6 heavy (non-hydrogen) atoms. The summed E-state index contributed by atoms with van der Waals surface area (Å²) in [6, 6.07) is 1.68. The van der Waals surface area contributed by atoms with Crippen molar-refractivity contribution in [3.8, 4) is 0 Å². The van der Waals surface area contributed by atoms with Gasteiger partial charge in [-0.3, -0.25) is 0 Å². The van der Waals surface area contributed by atoms with E-state index in [1.807, 2.05) is 0 Å². The first kappa shape index (κ1) is 3.05. The van der Waals surface area contributed by atoms with Crippen molar-refractivity contribution >= 4 is 11.6 Å². The van der Waals surface area contributed by atoms with Crippen molar-refractivity contribution in [2.75, 3.05) is 6.56 Å². The Balaban J connectivity index is 3.53. The van der Waals surface area contributed by atoms with Crippen molar-refractivity contribution in [3.05, 3.63) is 18.7 Å². The van der Waals surface area contributed by atoms with Crippen molar-refractivity contribution < 1.29 is 7.48 Å². The molecule has 0 N–H and O–H groups in total.